The van der Waals surface area contributed by atoms with Crippen LogP contribution in [-0.4, -0.2) is 20.5 Å². The van der Waals surface area contributed by atoms with Crippen molar-refractivity contribution in [1.29, 1.82) is 0 Å². The van der Waals surface area contributed by atoms with Crippen LogP contribution in [0, 0.1) is 0 Å². The minimum absolute atomic E-state index is 0.0184. The van der Waals surface area contributed by atoms with Gasteiger partial charge in [0.1, 0.15) is 5.82 Å². The third-order valence-corrected chi connectivity index (χ3v) is 3.80. The zero-order valence-electron chi connectivity index (χ0n) is 10.3. The van der Waals surface area contributed by atoms with Gasteiger partial charge in [0.05, 0.1) is 5.25 Å². The largest absolute Gasteiger partial charge is 0.310 e. The highest BCUT2D eigenvalue weighted by atomic mass is 32.1. The molecular formula is C13H17N3S2. The summed E-state index contributed by atoms with van der Waals surface area (Å²) in [7, 11) is 0. The molecule has 0 aliphatic heterocycles. The van der Waals surface area contributed by atoms with E-state index in [9.17, 15) is 0 Å². The Balaban J connectivity index is 2.45. The van der Waals surface area contributed by atoms with E-state index in [2.05, 4.69) is 46.9 Å². The molecule has 1 aromatic heterocycles. The molecule has 2 rings (SSSR count). The summed E-state index contributed by atoms with van der Waals surface area (Å²) in [6, 6.07) is 10.1. The summed E-state index contributed by atoms with van der Waals surface area (Å²) < 4.78 is 2.14. The van der Waals surface area contributed by atoms with E-state index in [0.717, 1.165) is 30.2 Å². The van der Waals surface area contributed by atoms with Crippen LogP contribution in [0.15, 0.2) is 30.3 Å². The van der Waals surface area contributed by atoms with Gasteiger partial charge >= 0.3 is 0 Å². The Morgan fingerprint density at radius 3 is 2.56 bits per heavy atom. The minimum Gasteiger partial charge on any atom is -0.310 e. The van der Waals surface area contributed by atoms with Crippen molar-refractivity contribution in [2.24, 2.45) is 0 Å². The Hall–Kier alpha value is -0.940. The first kappa shape index (κ1) is 13.5. The van der Waals surface area contributed by atoms with E-state index in [-0.39, 0.29) is 5.25 Å². The van der Waals surface area contributed by atoms with E-state index in [0.29, 0.717) is 5.75 Å². The van der Waals surface area contributed by atoms with Crippen LogP contribution in [0.25, 0.3) is 11.4 Å². The number of hydrogen-bond donors (Lipinski definition) is 2. The van der Waals surface area contributed by atoms with Gasteiger partial charge in [0.15, 0.2) is 5.82 Å². The number of thiol groups is 2. The normalized spacial score (nSPS) is 12.6. The molecule has 0 aliphatic rings. The minimum atomic E-state index is 0.0184. The topological polar surface area (TPSA) is 30.7 Å². The lowest BCUT2D eigenvalue weighted by Crippen LogP contribution is -2.08. The van der Waals surface area contributed by atoms with Crippen LogP contribution < -0.4 is 0 Å². The molecule has 1 atom stereocenters. The smallest absolute Gasteiger partial charge is 0.163 e. The van der Waals surface area contributed by atoms with E-state index in [1.165, 1.54) is 0 Å². The number of hydrogen-bond acceptors (Lipinski definition) is 4. The van der Waals surface area contributed by atoms with Crippen LogP contribution >= 0.6 is 25.3 Å². The van der Waals surface area contributed by atoms with Crippen LogP contribution in [0.5, 0.6) is 0 Å². The van der Waals surface area contributed by atoms with Crippen molar-refractivity contribution in [3.05, 3.63) is 36.2 Å². The molecule has 96 valence electrons. The Morgan fingerprint density at radius 1 is 1.22 bits per heavy atom. The Morgan fingerprint density at radius 2 is 1.94 bits per heavy atom. The van der Waals surface area contributed by atoms with Gasteiger partial charge in [-0.2, -0.15) is 25.3 Å². The standard InChI is InChI=1S/C13H17N3S2/c1-2-8-16-12(10-6-4-3-5-7-10)14-15-13(16)11(18)9-17/h3-7,11,17-18H,2,8-9H2,1H3. The van der Waals surface area contributed by atoms with E-state index >= 15 is 0 Å². The highest BCUT2D eigenvalue weighted by molar-refractivity contribution is 7.84. The second kappa shape index (κ2) is 6.29. The monoisotopic (exact) mass is 279 g/mol. The average Bonchev–Trinajstić information content (AvgIpc) is 2.83. The van der Waals surface area contributed by atoms with Crippen LogP contribution in [-0.2, 0) is 6.54 Å². The van der Waals surface area contributed by atoms with Crippen molar-refractivity contribution in [3.63, 3.8) is 0 Å². The van der Waals surface area contributed by atoms with Gasteiger partial charge < -0.3 is 4.57 Å². The van der Waals surface area contributed by atoms with E-state index in [1.54, 1.807) is 0 Å². The van der Waals surface area contributed by atoms with E-state index in [1.807, 2.05) is 30.3 Å². The summed E-state index contributed by atoms with van der Waals surface area (Å²) in [6.07, 6.45) is 1.04. The molecule has 0 spiro atoms. The van der Waals surface area contributed by atoms with Crippen molar-refractivity contribution in [2.75, 3.05) is 5.75 Å². The molecule has 0 bridgehead atoms. The predicted molar refractivity (Wildman–Crippen MR) is 81.3 cm³/mol. The van der Waals surface area contributed by atoms with Gasteiger partial charge in [-0.3, -0.25) is 0 Å². The van der Waals surface area contributed by atoms with Gasteiger partial charge in [0, 0.05) is 17.9 Å². The lowest BCUT2D eigenvalue weighted by atomic mass is 10.2. The third-order valence-electron chi connectivity index (χ3n) is 2.73. The summed E-state index contributed by atoms with van der Waals surface area (Å²) in [5.74, 6) is 2.46. The molecular weight excluding hydrogens is 262 g/mol. The Kier molecular flexibility index (Phi) is 4.72. The second-order valence-electron chi connectivity index (χ2n) is 4.10. The molecule has 2 aromatic rings. The summed E-state index contributed by atoms with van der Waals surface area (Å²) in [5, 5.41) is 8.59. The maximum atomic E-state index is 4.51. The number of nitrogens with zero attached hydrogens (tertiary/aromatic N) is 3. The van der Waals surface area contributed by atoms with Crippen molar-refractivity contribution in [1.82, 2.24) is 14.8 Å². The van der Waals surface area contributed by atoms with Crippen LogP contribution in [0.3, 0.4) is 0 Å². The van der Waals surface area contributed by atoms with Crippen molar-refractivity contribution >= 4 is 25.3 Å². The average molecular weight is 279 g/mol. The maximum absolute atomic E-state index is 4.51. The van der Waals surface area contributed by atoms with Gasteiger partial charge in [-0.25, -0.2) is 0 Å². The van der Waals surface area contributed by atoms with Crippen LogP contribution in [0.2, 0.25) is 0 Å². The zero-order valence-corrected chi connectivity index (χ0v) is 12.1. The van der Waals surface area contributed by atoms with Gasteiger partial charge in [0.25, 0.3) is 0 Å². The molecule has 1 unspecified atom stereocenters. The van der Waals surface area contributed by atoms with Gasteiger partial charge in [-0.15, -0.1) is 10.2 Å². The molecule has 5 heteroatoms. The fourth-order valence-electron chi connectivity index (χ4n) is 1.89. The number of benzene rings is 1. The molecule has 1 heterocycles. The van der Waals surface area contributed by atoms with Gasteiger partial charge in [-0.05, 0) is 6.42 Å². The highest BCUT2D eigenvalue weighted by Gasteiger charge is 2.17. The molecule has 0 aliphatic carbocycles. The van der Waals surface area contributed by atoms with Crippen molar-refractivity contribution in [3.8, 4) is 11.4 Å². The molecule has 0 saturated carbocycles. The molecule has 0 radical (unpaired) electrons. The molecule has 3 nitrogen and oxygen atoms in total. The maximum Gasteiger partial charge on any atom is 0.163 e. The summed E-state index contributed by atoms with van der Waals surface area (Å²) in [6.45, 7) is 3.05. The number of rotatable bonds is 5. The summed E-state index contributed by atoms with van der Waals surface area (Å²) in [5.41, 5.74) is 1.09. The zero-order chi connectivity index (χ0) is 13.0. The summed E-state index contributed by atoms with van der Waals surface area (Å²) >= 11 is 8.79. The van der Waals surface area contributed by atoms with E-state index < -0.39 is 0 Å². The lowest BCUT2D eigenvalue weighted by molar-refractivity contribution is 0.647. The lowest BCUT2D eigenvalue weighted by Gasteiger charge is -2.12. The molecule has 1 aromatic carbocycles. The first-order chi connectivity index (χ1) is 8.77. The summed E-state index contributed by atoms with van der Waals surface area (Å²) in [4.78, 5) is 0. The molecule has 0 saturated heterocycles. The van der Waals surface area contributed by atoms with Gasteiger partial charge in [-0.1, -0.05) is 37.3 Å². The van der Waals surface area contributed by atoms with Crippen molar-refractivity contribution < 1.29 is 0 Å². The van der Waals surface area contributed by atoms with E-state index in [4.69, 9.17) is 0 Å². The fourth-order valence-corrected chi connectivity index (χ4v) is 2.24. The van der Waals surface area contributed by atoms with Crippen LogP contribution in [0.4, 0.5) is 0 Å². The Labute approximate surface area is 118 Å². The van der Waals surface area contributed by atoms with Gasteiger partial charge in [0.2, 0.25) is 0 Å². The first-order valence-electron chi connectivity index (χ1n) is 6.05. The highest BCUT2D eigenvalue weighted by Crippen LogP contribution is 2.25. The predicted octanol–water partition coefficient (Wildman–Crippen LogP) is 3.26. The molecule has 0 amide bonds. The van der Waals surface area contributed by atoms with Crippen LogP contribution in [0.1, 0.15) is 24.4 Å². The molecule has 0 N–H and O–H groups in total. The fraction of sp³-hybridized carbons (Fsp3) is 0.385. The van der Waals surface area contributed by atoms with Crippen molar-refractivity contribution in [2.45, 2.75) is 25.1 Å². The molecule has 18 heavy (non-hydrogen) atoms. The quantitative estimate of drug-likeness (QED) is 0.823. The third kappa shape index (κ3) is 2.72. The number of aromatic nitrogens is 3. The Bertz CT molecular complexity index is 496. The first-order valence-corrected chi connectivity index (χ1v) is 7.20. The molecule has 0 fully saturated rings. The SMILES string of the molecule is CCCn1c(-c2ccccc2)nnc1C(S)CS. The second-order valence-corrected chi connectivity index (χ2v) is 5.09.